The first-order valence-electron chi connectivity index (χ1n) is 7.50. The van der Waals surface area contributed by atoms with Crippen LogP contribution in [0.4, 0.5) is 5.82 Å². The minimum absolute atomic E-state index is 0.0612. The van der Waals surface area contributed by atoms with Crippen LogP contribution in [-0.2, 0) is 0 Å². The van der Waals surface area contributed by atoms with E-state index in [1.54, 1.807) is 6.07 Å². The summed E-state index contributed by atoms with van der Waals surface area (Å²) in [7, 11) is 0. The third kappa shape index (κ3) is 3.73. The van der Waals surface area contributed by atoms with Crippen LogP contribution in [0.25, 0.3) is 11.4 Å². The summed E-state index contributed by atoms with van der Waals surface area (Å²) in [6.07, 6.45) is 3.13. The van der Waals surface area contributed by atoms with Crippen LogP contribution in [0, 0.1) is 0 Å². The molecule has 1 heterocycles. The van der Waals surface area contributed by atoms with E-state index in [0.717, 1.165) is 30.6 Å². The number of rotatable bonds is 6. The van der Waals surface area contributed by atoms with Gasteiger partial charge in [-0.15, -0.1) is 0 Å². The van der Waals surface area contributed by atoms with Crippen molar-refractivity contribution in [3.05, 3.63) is 41.6 Å². The molecule has 0 amide bonds. The molecule has 0 aliphatic rings. The summed E-state index contributed by atoms with van der Waals surface area (Å²) in [6.45, 7) is 6.59. The van der Waals surface area contributed by atoms with Crippen LogP contribution in [0.1, 0.15) is 40.0 Å². The second-order valence-corrected chi connectivity index (χ2v) is 5.62. The van der Waals surface area contributed by atoms with Gasteiger partial charge < -0.3 is 5.32 Å². The van der Waals surface area contributed by atoms with Crippen molar-refractivity contribution in [3.8, 4) is 11.4 Å². The zero-order valence-electron chi connectivity index (χ0n) is 12.9. The van der Waals surface area contributed by atoms with Crippen molar-refractivity contribution in [2.24, 2.45) is 0 Å². The fraction of sp³-hybridized carbons (Fsp3) is 0.412. The van der Waals surface area contributed by atoms with E-state index in [1.165, 1.54) is 0 Å². The lowest BCUT2D eigenvalue weighted by Crippen LogP contribution is -2.36. The fourth-order valence-corrected chi connectivity index (χ4v) is 2.67. The predicted molar refractivity (Wildman–Crippen MR) is 89.7 cm³/mol. The first-order valence-corrected chi connectivity index (χ1v) is 7.88. The van der Waals surface area contributed by atoms with E-state index in [-0.39, 0.29) is 5.54 Å². The first kappa shape index (κ1) is 15.8. The molecule has 0 atom stereocenters. The van der Waals surface area contributed by atoms with Crippen LogP contribution >= 0.6 is 11.6 Å². The van der Waals surface area contributed by atoms with E-state index in [9.17, 15) is 0 Å². The standard InChI is InChI=1S/C17H22ClN3/c1-4-17(5-2,6-3)21-15-12-14(18)19-16(20-15)13-10-8-7-9-11-13/h7-12H,4-6H2,1-3H3,(H,19,20,21). The third-order valence-corrected chi connectivity index (χ3v) is 4.34. The molecule has 0 saturated carbocycles. The van der Waals surface area contributed by atoms with Crippen LogP contribution in [0.5, 0.6) is 0 Å². The summed E-state index contributed by atoms with van der Waals surface area (Å²) < 4.78 is 0. The molecule has 1 N–H and O–H groups in total. The molecule has 4 heteroatoms. The smallest absolute Gasteiger partial charge is 0.163 e. The van der Waals surface area contributed by atoms with Crippen LogP contribution in [0.15, 0.2) is 36.4 Å². The highest BCUT2D eigenvalue weighted by molar-refractivity contribution is 6.29. The van der Waals surface area contributed by atoms with Gasteiger partial charge >= 0.3 is 0 Å². The molecule has 1 aromatic carbocycles. The van der Waals surface area contributed by atoms with Crippen LogP contribution in [-0.4, -0.2) is 15.5 Å². The van der Waals surface area contributed by atoms with Gasteiger partial charge in [0.25, 0.3) is 0 Å². The number of aromatic nitrogens is 2. The average Bonchev–Trinajstić information content (AvgIpc) is 2.53. The molecule has 3 nitrogen and oxygen atoms in total. The van der Waals surface area contributed by atoms with Crippen molar-refractivity contribution < 1.29 is 0 Å². The Kier molecular flexibility index (Phi) is 5.18. The lowest BCUT2D eigenvalue weighted by molar-refractivity contribution is 0.419. The topological polar surface area (TPSA) is 37.8 Å². The number of nitrogens with one attached hydrogen (secondary N) is 1. The van der Waals surface area contributed by atoms with Gasteiger partial charge in [0.1, 0.15) is 11.0 Å². The Morgan fingerprint density at radius 2 is 1.62 bits per heavy atom. The number of hydrogen-bond donors (Lipinski definition) is 1. The van der Waals surface area contributed by atoms with Gasteiger partial charge in [-0.05, 0) is 19.3 Å². The third-order valence-electron chi connectivity index (χ3n) is 4.15. The van der Waals surface area contributed by atoms with E-state index in [0.29, 0.717) is 11.0 Å². The predicted octanol–water partition coefficient (Wildman–Crippen LogP) is 5.18. The fourth-order valence-electron chi connectivity index (χ4n) is 2.48. The van der Waals surface area contributed by atoms with E-state index < -0.39 is 0 Å². The molecular formula is C17H22ClN3. The zero-order valence-corrected chi connectivity index (χ0v) is 13.6. The van der Waals surface area contributed by atoms with Gasteiger partial charge in [0.15, 0.2) is 5.82 Å². The Balaban J connectivity index is 2.36. The highest BCUT2D eigenvalue weighted by atomic mass is 35.5. The monoisotopic (exact) mass is 303 g/mol. The second-order valence-electron chi connectivity index (χ2n) is 5.23. The van der Waals surface area contributed by atoms with Gasteiger partial charge in [-0.3, -0.25) is 0 Å². The van der Waals surface area contributed by atoms with Crippen LogP contribution < -0.4 is 5.32 Å². The zero-order chi connectivity index (χ0) is 15.3. The number of benzene rings is 1. The lowest BCUT2D eigenvalue weighted by Gasteiger charge is -2.32. The van der Waals surface area contributed by atoms with Gasteiger partial charge in [-0.25, -0.2) is 9.97 Å². The molecule has 0 spiro atoms. The molecule has 21 heavy (non-hydrogen) atoms. The van der Waals surface area contributed by atoms with E-state index >= 15 is 0 Å². The van der Waals surface area contributed by atoms with E-state index in [1.807, 2.05) is 30.3 Å². The van der Waals surface area contributed by atoms with Gasteiger partial charge in [0, 0.05) is 17.2 Å². The van der Waals surface area contributed by atoms with E-state index in [4.69, 9.17) is 11.6 Å². The Bertz CT molecular complexity index is 572. The molecule has 2 rings (SSSR count). The molecule has 0 radical (unpaired) electrons. The van der Waals surface area contributed by atoms with Gasteiger partial charge in [-0.2, -0.15) is 0 Å². The molecule has 112 valence electrons. The minimum Gasteiger partial charge on any atom is -0.365 e. The second kappa shape index (κ2) is 6.90. The average molecular weight is 304 g/mol. The summed E-state index contributed by atoms with van der Waals surface area (Å²) >= 11 is 6.17. The summed E-state index contributed by atoms with van der Waals surface area (Å²) in [5, 5.41) is 4.02. The van der Waals surface area contributed by atoms with Crippen molar-refractivity contribution >= 4 is 17.4 Å². The highest BCUT2D eigenvalue weighted by Gasteiger charge is 2.24. The quantitative estimate of drug-likeness (QED) is 0.747. The van der Waals surface area contributed by atoms with E-state index in [2.05, 4.69) is 36.1 Å². The molecule has 0 fully saturated rings. The minimum atomic E-state index is 0.0612. The van der Waals surface area contributed by atoms with Crippen molar-refractivity contribution in [2.45, 2.75) is 45.6 Å². The number of halogens is 1. The Hall–Kier alpha value is -1.61. The first-order chi connectivity index (χ1) is 10.1. The molecule has 0 aliphatic carbocycles. The van der Waals surface area contributed by atoms with Gasteiger partial charge in [0.05, 0.1) is 0 Å². The molecule has 0 aliphatic heterocycles. The largest absolute Gasteiger partial charge is 0.365 e. The molecule has 0 saturated heterocycles. The summed E-state index contributed by atoms with van der Waals surface area (Å²) in [4.78, 5) is 8.95. The van der Waals surface area contributed by atoms with Crippen LogP contribution in [0.3, 0.4) is 0 Å². The van der Waals surface area contributed by atoms with Crippen molar-refractivity contribution in [1.82, 2.24) is 9.97 Å². The molecule has 0 unspecified atom stereocenters. The molecular weight excluding hydrogens is 282 g/mol. The van der Waals surface area contributed by atoms with Crippen LogP contribution in [0.2, 0.25) is 5.15 Å². The van der Waals surface area contributed by atoms with Crippen molar-refractivity contribution in [3.63, 3.8) is 0 Å². The summed E-state index contributed by atoms with van der Waals surface area (Å²) in [5.74, 6) is 1.45. The normalized spacial score (nSPS) is 11.4. The summed E-state index contributed by atoms with van der Waals surface area (Å²) in [6, 6.07) is 11.7. The maximum atomic E-state index is 6.17. The summed E-state index contributed by atoms with van der Waals surface area (Å²) in [5.41, 5.74) is 1.03. The molecule has 2 aromatic rings. The maximum absolute atomic E-state index is 6.17. The van der Waals surface area contributed by atoms with Gasteiger partial charge in [-0.1, -0.05) is 62.7 Å². The number of anilines is 1. The Labute approximate surface area is 131 Å². The Morgan fingerprint density at radius 1 is 1.00 bits per heavy atom. The van der Waals surface area contributed by atoms with Gasteiger partial charge in [0.2, 0.25) is 0 Å². The number of hydrogen-bond acceptors (Lipinski definition) is 3. The highest BCUT2D eigenvalue weighted by Crippen LogP contribution is 2.27. The maximum Gasteiger partial charge on any atom is 0.163 e. The molecule has 1 aromatic heterocycles. The lowest BCUT2D eigenvalue weighted by atomic mass is 9.90. The number of nitrogens with zero attached hydrogens (tertiary/aromatic N) is 2. The molecule has 0 bridgehead atoms. The van der Waals surface area contributed by atoms with Crippen molar-refractivity contribution in [2.75, 3.05) is 5.32 Å². The van der Waals surface area contributed by atoms with Crippen molar-refractivity contribution in [1.29, 1.82) is 0 Å². The SMILES string of the molecule is CCC(CC)(CC)Nc1cc(Cl)nc(-c2ccccc2)n1. The Morgan fingerprint density at radius 3 is 2.19 bits per heavy atom.